The topological polar surface area (TPSA) is 77.2 Å². The minimum absolute atomic E-state index is 0.0701. The van der Waals surface area contributed by atoms with Gasteiger partial charge in [-0.1, -0.05) is 42.1 Å². The van der Waals surface area contributed by atoms with Gasteiger partial charge in [0.15, 0.2) is 0 Å². The quantitative estimate of drug-likeness (QED) is 0.619. The number of hydrogen-bond acceptors (Lipinski definition) is 6. The lowest BCUT2D eigenvalue weighted by molar-refractivity contribution is -0.120. The van der Waals surface area contributed by atoms with Gasteiger partial charge in [-0.15, -0.1) is 10.2 Å². The summed E-state index contributed by atoms with van der Waals surface area (Å²) in [6.07, 6.45) is 0. The summed E-state index contributed by atoms with van der Waals surface area (Å²) in [5, 5.41) is 11.1. The van der Waals surface area contributed by atoms with Crippen LogP contribution in [0, 0.1) is 0 Å². The van der Waals surface area contributed by atoms with Crippen molar-refractivity contribution in [3.8, 4) is 17.2 Å². The number of hydrogen-bond donors (Lipinski definition) is 1. The second kappa shape index (κ2) is 8.73. The highest BCUT2D eigenvalue weighted by Crippen LogP contribution is 2.27. The van der Waals surface area contributed by atoms with E-state index in [0.717, 1.165) is 16.9 Å². The van der Waals surface area contributed by atoms with E-state index in [0.29, 0.717) is 11.1 Å². The zero-order chi connectivity index (χ0) is 19.2. The number of rotatable bonds is 7. The molecule has 1 aromatic heterocycles. The summed E-state index contributed by atoms with van der Waals surface area (Å²) in [4.78, 5) is 12.4. The first-order valence-electron chi connectivity index (χ1n) is 8.56. The molecule has 0 aliphatic heterocycles. The number of nitrogens with zero attached hydrogens (tertiary/aromatic N) is 2. The van der Waals surface area contributed by atoms with Gasteiger partial charge in [0.2, 0.25) is 11.8 Å². The number of carbonyl (C=O) groups excluding carboxylic acids is 1. The van der Waals surface area contributed by atoms with Crippen LogP contribution in [0.25, 0.3) is 11.5 Å². The Labute approximate surface area is 162 Å². The van der Waals surface area contributed by atoms with E-state index in [4.69, 9.17) is 9.15 Å². The van der Waals surface area contributed by atoms with Crippen molar-refractivity contribution in [1.82, 2.24) is 15.5 Å². The maximum Gasteiger partial charge on any atom is 0.277 e. The predicted octanol–water partition coefficient (Wildman–Crippen LogP) is 4.10. The lowest BCUT2D eigenvalue weighted by Crippen LogP contribution is -2.33. The lowest BCUT2D eigenvalue weighted by Gasteiger charge is -2.16. The molecule has 6 nitrogen and oxygen atoms in total. The largest absolute Gasteiger partial charge is 0.497 e. The van der Waals surface area contributed by atoms with Crippen LogP contribution in [0.2, 0.25) is 0 Å². The van der Waals surface area contributed by atoms with Crippen LogP contribution in [0.3, 0.4) is 0 Å². The van der Waals surface area contributed by atoms with Crippen LogP contribution in [-0.4, -0.2) is 28.5 Å². The number of aromatic nitrogens is 2. The molecule has 0 aliphatic rings. The molecule has 0 saturated heterocycles. The minimum atomic E-state index is -0.361. The van der Waals surface area contributed by atoms with Gasteiger partial charge in [-0.25, -0.2) is 0 Å². The van der Waals surface area contributed by atoms with Crippen molar-refractivity contribution in [1.29, 1.82) is 0 Å². The van der Waals surface area contributed by atoms with Crippen molar-refractivity contribution < 1.29 is 13.9 Å². The van der Waals surface area contributed by atoms with Crippen molar-refractivity contribution >= 4 is 17.7 Å². The Morgan fingerprint density at radius 3 is 2.44 bits per heavy atom. The van der Waals surface area contributed by atoms with Crippen molar-refractivity contribution in [2.75, 3.05) is 7.11 Å². The zero-order valence-corrected chi connectivity index (χ0v) is 16.2. The van der Waals surface area contributed by atoms with Gasteiger partial charge in [0, 0.05) is 5.56 Å². The fourth-order valence-electron chi connectivity index (χ4n) is 2.47. The van der Waals surface area contributed by atoms with Gasteiger partial charge in [0.25, 0.3) is 5.22 Å². The summed E-state index contributed by atoms with van der Waals surface area (Å²) in [5.41, 5.74) is 1.85. The average molecular weight is 383 g/mol. The predicted molar refractivity (Wildman–Crippen MR) is 105 cm³/mol. The maximum atomic E-state index is 12.4. The molecular weight excluding hydrogens is 362 g/mol. The first-order chi connectivity index (χ1) is 13.1. The first-order valence-corrected chi connectivity index (χ1v) is 9.44. The molecule has 0 aliphatic carbocycles. The maximum absolute atomic E-state index is 12.4. The molecule has 7 heteroatoms. The number of benzene rings is 2. The van der Waals surface area contributed by atoms with E-state index in [9.17, 15) is 4.79 Å². The van der Waals surface area contributed by atoms with Gasteiger partial charge in [-0.05, 0) is 43.7 Å². The molecule has 2 aromatic carbocycles. The summed E-state index contributed by atoms with van der Waals surface area (Å²) < 4.78 is 10.8. The van der Waals surface area contributed by atoms with Crippen molar-refractivity contribution in [3.05, 3.63) is 60.2 Å². The molecule has 3 aromatic rings. The van der Waals surface area contributed by atoms with Crippen LogP contribution in [-0.2, 0) is 4.79 Å². The van der Waals surface area contributed by atoms with Crippen molar-refractivity contribution in [3.63, 3.8) is 0 Å². The normalized spacial score (nSPS) is 13.0. The molecule has 2 atom stereocenters. The van der Waals surface area contributed by atoms with E-state index < -0.39 is 0 Å². The Bertz CT molecular complexity index is 881. The molecule has 0 fully saturated rings. The fourth-order valence-corrected chi connectivity index (χ4v) is 3.16. The van der Waals surface area contributed by atoms with Gasteiger partial charge in [-0.2, -0.15) is 0 Å². The van der Waals surface area contributed by atoms with Gasteiger partial charge in [0.05, 0.1) is 18.4 Å². The Kier molecular flexibility index (Phi) is 6.13. The third-order valence-corrected chi connectivity index (χ3v) is 4.98. The lowest BCUT2D eigenvalue weighted by atomic mass is 10.1. The molecule has 1 heterocycles. The van der Waals surface area contributed by atoms with E-state index in [1.54, 1.807) is 7.11 Å². The summed E-state index contributed by atoms with van der Waals surface area (Å²) >= 11 is 1.23. The highest BCUT2D eigenvalue weighted by molar-refractivity contribution is 8.00. The van der Waals surface area contributed by atoms with Gasteiger partial charge < -0.3 is 14.5 Å². The summed E-state index contributed by atoms with van der Waals surface area (Å²) in [7, 11) is 1.61. The van der Waals surface area contributed by atoms with E-state index in [1.165, 1.54) is 11.8 Å². The monoisotopic (exact) mass is 383 g/mol. The van der Waals surface area contributed by atoms with Crippen LogP contribution >= 0.6 is 11.8 Å². The van der Waals surface area contributed by atoms with E-state index in [1.807, 2.05) is 68.4 Å². The molecule has 140 valence electrons. The highest BCUT2D eigenvalue weighted by atomic mass is 32.2. The molecule has 2 unspecified atom stereocenters. The average Bonchev–Trinajstić information content (AvgIpc) is 3.17. The smallest absolute Gasteiger partial charge is 0.277 e. The van der Waals surface area contributed by atoms with Crippen LogP contribution in [0.15, 0.2) is 64.2 Å². The second-order valence-electron chi connectivity index (χ2n) is 6.00. The number of thioether (sulfide) groups is 1. The van der Waals surface area contributed by atoms with Crippen molar-refractivity contribution in [2.24, 2.45) is 0 Å². The van der Waals surface area contributed by atoms with Crippen LogP contribution in [0.1, 0.15) is 25.5 Å². The third-order valence-electron chi connectivity index (χ3n) is 4.05. The van der Waals surface area contributed by atoms with Crippen LogP contribution < -0.4 is 10.1 Å². The molecule has 1 amide bonds. The van der Waals surface area contributed by atoms with Crippen LogP contribution in [0.4, 0.5) is 0 Å². The number of methoxy groups -OCH3 is 1. The number of amides is 1. The molecule has 0 spiro atoms. The molecule has 0 saturated carbocycles. The number of nitrogens with one attached hydrogen (secondary N) is 1. The Morgan fingerprint density at radius 1 is 1.07 bits per heavy atom. The summed E-state index contributed by atoms with van der Waals surface area (Å²) in [5.74, 6) is 1.08. The Morgan fingerprint density at radius 2 is 1.78 bits per heavy atom. The van der Waals surface area contributed by atoms with E-state index in [2.05, 4.69) is 15.5 Å². The van der Waals surface area contributed by atoms with Crippen LogP contribution in [0.5, 0.6) is 5.75 Å². The first kappa shape index (κ1) is 19.0. The SMILES string of the molecule is COc1ccc(-c2nnc(SC(C)C(=O)NC(C)c3ccccc3)o2)cc1. The van der Waals surface area contributed by atoms with Crippen molar-refractivity contribution in [2.45, 2.75) is 30.4 Å². The van der Waals surface area contributed by atoms with E-state index >= 15 is 0 Å². The fraction of sp³-hybridized carbons (Fsp3) is 0.250. The molecular formula is C20H21N3O3S. The minimum Gasteiger partial charge on any atom is -0.497 e. The number of carbonyl (C=O) groups is 1. The second-order valence-corrected chi connectivity index (χ2v) is 7.29. The third kappa shape index (κ3) is 4.89. The highest BCUT2D eigenvalue weighted by Gasteiger charge is 2.20. The molecule has 1 N–H and O–H groups in total. The Hall–Kier alpha value is -2.80. The van der Waals surface area contributed by atoms with Gasteiger partial charge in [-0.3, -0.25) is 4.79 Å². The number of ether oxygens (including phenoxy) is 1. The molecule has 3 rings (SSSR count). The zero-order valence-electron chi connectivity index (χ0n) is 15.4. The molecule has 27 heavy (non-hydrogen) atoms. The molecule has 0 bridgehead atoms. The standard InChI is InChI=1S/C20H21N3O3S/c1-13(15-7-5-4-6-8-15)21-18(24)14(2)27-20-23-22-19(26-20)16-9-11-17(25-3)12-10-16/h4-14H,1-3H3,(H,21,24). The Balaban J connectivity index is 1.59. The van der Waals surface area contributed by atoms with Gasteiger partial charge in [0.1, 0.15) is 5.75 Å². The summed E-state index contributed by atoms with van der Waals surface area (Å²) in [6, 6.07) is 17.1. The van der Waals surface area contributed by atoms with Gasteiger partial charge >= 0.3 is 0 Å². The summed E-state index contributed by atoms with van der Waals surface area (Å²) in [6.45, 7) is 3.77. The van der Waals surface area contributed by atoms with E-state index in [-0.39, 0.29) is 17.2 Å². The molecule has 0 radical (unpaired) electrons.